The van der Waals surface area contributed by atoms with Gasteiger partial charge in [0.25, 0.3) is 0 Å². The fraction of sp³-hybridized carbons (Fsp3) is 0.267. The molecule has 0 spiro atoms. The number of nitrogens with zero attached hydrogens (tertiary/aromatic N) is 1. The minimum Gasteiger partial charge on any atom is -0.311 e. The summed E-state index contributed by atoms with van der Waals surface area (Å²) in [6, 6.07) is 12.9. The molecule has 0 amide bonds. The van der Waals surface area contributed by atoms with Crippen molar-refractivity contribution >= 4 is 15.9 Å². The molecule has 1 aromatic heterocycles. The summed E-state index contributed by atoms with van der Waals surface area (Å²) in [4.78, 5) is 4.46. The van der Waals surface area contributed by atoms with E-state index in [0.717, 1.165) is 16.6 Å². The van der Waals surface area contributed by atoms with E-state index in [9.17, 15) is 0 Å². The maximum absolute atomic E-state index is 4.46. The number of halogens is 1. The number of benzene rings is 1. The van der Waals surface area contributed by atoms with Gasteiger partial charge in [-0.2, -0.15) is 0 Å². The Bertz CT molecular complexity index is 508. The van der Waals surface area contributed by atoms with E-state index in [1.807, 2.05) is 19.3 Å². The first-order chi connectivity index (χ1) is 8.69. The lowest BCUT2D eigenvalue weighted by molar-refractivity contribution is 0.575. The van der Waals surface area contributed by atoms with Gasteiger partial charge in [0, 0.05) is 10.7 Å². The van der Waals surface area contributed by atoms with Gasteiger partial charge >= 0.3 is 0 Å². The molecule has 0 fully saturated rings. The van der Waals surface area contributed by atoms with E-state index in [4.69, 9.17) is 0 Å². The van der Waals surface area contributed by atoms with E-state index in [1.54, 1.807) is 0 Å². The minimum atomic E-state index is 0.250. The fourth-order valence-electron chi connectivity index (χ4n) is 2.02. The van der Waals surface area contributed by atoms with Crippen molar-refractivity contribution in [3.05, 3.63) is 63.9 Å². The molecule has 1 aromatic carbocycles. The molecule has 18 heavy (non-hydrogen) atoms. The third-order valence-electron chi connectivity index (χ3n) is 2.98. The number of nitrogens with one attached hydrogen (secondary N) is 1. The number of pyridine rings is 1. The summed E-state index contributed by atoms with van der Waals surface area (Å²) in [5, 5.41) is 3.33. The van der Waals surface area contributed by atoms with Crippen molar-refractivity contribution in [3.63, 3.8) is 0 Å². The predicted octanol–water partition coefficient (Wildman–Crippen LogP) is 3.66. The van der Waals surface area contributed by atoms with Crippen LogP contribution in [0.4, 0.5) is 0 Å². The number of likely N-dealkylation sites (N-methyl/N-ethyl adjacent to an activating group) is 1. The van der Waals surface area contributed by atoms with Crippen molar-refractivity contribution in [2.24, 2.45) is 0 Å². The highest BCUT2D eigenvalue weighted by Gasteiger charge is 2.11. The van der Waals surface area contributed by atoms with E-state index in [-0.39, 0.29) is 6.04 Å². The molecule has 1 heterocycles. The van der Waals surface area contributed by atoms with Gasteiger partial charge in [0.05, 0.1) is 11.7 Å². The molecular weight excluding hydrogens is 288 g/mol. The quantitative estimate of drug-likeness (QED) is 0.932. The lowest BCUT2D eigenvalue weighted by atomic mass is 10.0. The summed E-state index contributed by atoms with van der Waals surface area (Å²) in [5.74, 6) is 0. The summed E-state index contributed by atoms with van der Waals surface area (Å²) in [5.41, 5.74) is 3.70. The highest BCUT2D eigenvalue weighted by molar-refractivity contribution is 9.10. The molecule has 94 valence electrons. The van der Waals surface area contributed by atoms with E-state index in [0.29, 0.717) is 0 Å². The zero-order valence-electron chi connectivity index (χ0n) is 10.7. The standard InChI is InChI=1S/C15H17BrN2/c1-11-4-3-5-12(8-11)9-15(17-2)14-7-6-13(16)10-18-14/h3-8,10,15,17H,9H2,1-2H3. The molecule has 1 N–H and O–H groups in total. The summed E-state index contributed by atoms with van der Waals surface area (Å²) < 4.78 is 1.01. The monoisotopic (exact) mass is 304 g/mol. The van der Waals surface area contributed by atoms with Crippen molar-refractivity contribution in [1.29, 1.82) is 0 Å². The van der Waals surface area contributed by atoms with Gasteiger partial charge in [0.1, 0.15) is 0 Å². The van der Waals surface area contributed by atoms with Gasteiger partial charge in [0.15, 0.2) is 0 Å². The Kier molecular flexibility index (Phi) is 4.50. The summed E-state index contributed by atoms with van der Waals surface area (Å²) in [6.45, 7) is 2.12. The van der Waals surface area contributed by atoms with Crippen LogP contribution in [0.1, 0.15) is 22.9 Å². The van der Waals surface area contributed by atoms with Gasteiger partial charge in [-0.05, 0) is 54.0 Å². The third-order valence-corrected chi connectivity index (χ3v) is 3.45. The Morgan fingerprint density at radius 2 is 2.11 bits per heavy atom. The summed E-state index contributed by atoms with van der Waals surface area (Å²) in [7, 11) is 1.98. The van der Waals surface area contributed by atoms with Gasteiger partial charge < -0.3 is 5.32 Å². The van der Waals surface area contributed by atoms with Crippen LogP contribution in [-0.4, -0.2) is 12.0 Å². The molecule has 0 bridgehead atoms. The second kappa shape index (κ2) is 6.12. The number of hydrogen-bond acceptors (Lipinski definition) is 2. The smallest absolute Gasteiger partial charge is 0.0577 e. The van der Waals surface area contributed by atoms with Crippen LogP contribution in [0.15, 0.2) is 47.1 Å². The zero-order valence-corrected chi connectivity index (χ0v) is 12.2. The SMILES string of the molecule is CNC(Cc1cccc(C)c1)c1ccc(Br)cn1. The summed E-state index contributed by atoms with van der Waals surface area (Å²) in [6.07, 6.45) is 2.79. The summed E-state index contributed by atoms with van der Waals surface area (Å²) >= 11 is 3.41. The Hall–Kier alpha value is -1.19. The maximum atomic E-state index is 4.46. The fourth-order valence-corrected chi connectivity index (χ4v) is 2.26. The minimum absolute atomic E-state index is 0.250. The molecule has 0 aliphatic rings. The Morgan fingerprint density at radius 1 is 1.28 bits per heavy atom. The maximum Gasteiger partial charge on any atom is 0.0577 e. The van der Waals surface area contributed by atoms with Crippen LogP contribution in [0.5, 0.6) is 0 Å². The van der Waals surface area contributed by atoms with Crippen LogP contribution in [-0.2, 0) is 6.42 Å². The van der Waals surface area contributed by atoms with Crippen molar-refractivity contribution in [1.82, 2.24) is 10.3 Å². The molecule has 0 aliphatic heterocycles. The van der Waals surface area contributed by atoms with Crippen LogP contribution in [0.3, 0.4) is 0 Å². The lowest BCUT2D eigenvalue weighted by Gasteiger charge is -2.16. The van der Waals surface area contributed by atoms with Gasteiger partial charge in [0.2, 0.25) is 0 Å². The van der Waals surface area contributed by atoms with Crippen LogP contribution in [0.25, 0.3) is 0 Å². The molecular formula is C15H17BrN2. The van der Waals surface area contributed by atoms with E-state index < -0.39 is 0 Å². The molecule has 2 rings (SSSR count). The van der Waals surface area contributed by atoms with Gasteiger partial charge in [-0.1, -0.05) is 29.8 Å². The highest BCUT2D eigenvalue weighted by Crippen LogP contribution is 2.18. The average molecular weight is 305 g/mol. The molecule has 2 aromatic rings. The highest BCUT2D eigenvalue weighted by atomic mass is 79.9. The molecule has 1 unspecified atom stereocenters. The Morgan fingerprint density at radius 3 is 2.72 bits per heavy atom. The van der Waals surface area contributed by atoms with Crippen LogP contribution in [0.2, 0.25) is 0 Å². The normalized spacial score (nSPS) is 12.4. The average Bonchev–Trinajstić information content (AvgIpc) is 2.37. The molecule has 0 aliphatic carbocycles. The van der Waals surface area contributed by atoms with Crippen molar-refractivity contribution in [2.45, 2.75) is 19.4 Å². The van der Waals surface area contributed by atoms with Crippen LogP contribution < -0.4 is 5.32 Å². The number of aromatic nitrogens is 1. The molecule has 0 saturated carbocycles. The van der Waals surface area contributed by atoms with Gasteiger partial charge in [-0.3, -0.25) is 4.98 Å². The second-order valence-electron chi connectivity index (χ2n) is 4.44. The van der Waals surface area contributed by atoms with E-state index >= 15 is 0 Å². The predicted molar refractivity (Wildman–Crippen MR) is 78.6 cm³/mol. The Labute approximate surface area is 117 Å². The van der Waals surface area contributed by atoms with Crippen LogP contribution >= 0.6 is 15.9 Å². The Balaban J connectivity index is 2.17. The van der Waals surface area contributed by atoms with Crippen molar-refractivity contribution < 1.29 is 0 Å². The van der Waals surface area contributed by atoms with Crippen molar-refractivity contribution in [2.75, 3.05) is 7.05 Å². The van der Waals surface area contributed by atoms with Gasteiger partial charge in [-0.25, -0.2) is 0 Å². The largest absolute Gasteiger partial charge is 0.311 e. The lowest BCUT2D eigenvalue weighted by Crippen LogP contribution is -2.19. The molecule has 2 nitrogen and oxygen atoms in total. The topological polar surface area (TPSA) is 24.9 Å². The first-order valence-corrected chi connectivity index (χ1v) is 6.82. The van der Waals surface area contributed by atoms with Gasteiger partial charge in [-0.15, -0.1) is 0 Å². The molecule has 0 radical (unpaired) electrons. The molecule has 3 heteroatoms. The second-order valence-corrected chi connectivity index (χ2v) is 5.35. The van der Waals surface area contributed by atoms with E-state index in [1.165, 1.54) is 11.1 Å². The molecule has 0 saturated heterocycles. The molecule has 1 atom stereocenters. The van der Waals surface area contributed by atoms with E-state index in [2.05, 4.69) is 63.5 Å². The number of rotatable bonds is 4. The van der Waals surface area contributed by atoms with Crippen molar-refractivity contribution in [3.8, 4) is 0 Å². The first-order valence-electron chi connectivity index (χ1n) is 6.03. The zero-order chi connectivity index (χ0) is 13.0. The number of hydrogen-bond donors (Lipinski definition) is 1. The van der Waals surface area contributed by atoms with Crippen LogP contribution in [0, 0.1) is 6.92 Å². The first kappa shape index (κ1) is 13.2. The number of aryl methyl sites for hydroxylation is 1. The third kappa shape index (κ3) is 3.40.